The first kappa shape index (κ1) is 20.7. The smallest absolute Gasteiger partial charge is 0.344 e. The fraction of sp³-hybridized carbons (Fsp3) is 0.154. The average Bonchev–Trinajstić information content (AvgIpc) is 3.36. The summed E-state index contributed by atoms with van der Waals surface area (Å²) >= 11 is 1.68. The zero-order valence-corrected chi connectivity index (χ0v) is 19.0. The van der Waals surface area contributed by atoms with Gasteiger partial charge in [0.05, 0.1) is 18.2 Å². The molecule has 6 rings (SSSR count). The van der Waals surface area contributed by atoms with Crippen LogP contribution in [-0.2, 0) is 13.1 Å². The molecule has 0 saturated heterocycles. The molecule has 3 aromatic heterocycles. The molecule has 1 aliphatic rings. The summed E-state index contributed by atoms with van der Waals surface area (Å²) in [5.41, 5.74) is 1.20. The lowest BCUT2D eigenvalue weighted by atomic mass is 9.99. The molecule has 0 saturated carbocycles. The minimum absolute atomic E-state index is 0.283. The van der Waals surface area contributed by atoms with Crippen molar-refractivity contribution >= 4 is 33.3 Å². The molecule has 34 heavy (non-hydrogen) atoms. The second kappa shape index (κ2) is 8.16. The molecule has 0 radical (unpaired) electrons. The van der Waals surface area contributed by atoms with Gasteiger partial charge in [0.1, 0.15) is 18.1 Å². The van der Waals surface area contributed by atoms with Gasteiger partial charge in [-0.3, -0.25) is 4.90 Å². The fourth-order valence-corrected chi connectivity index (χ4v) is 5.14. The summed E-state index contributed by atoms with van der Waals surface area (Å²) in [5.74, 6) is 1.14. The Morgan fingerprint density at radius 1 is 1.00 bits per heavy atom. The highest BCUT2D eigenvalue weighted by atomic mass is 32.1. The Hall–Kier alpha value is -3.88. The monoisotopic (exact) mass is 473 g/mol. The molecule has 5 aromatic rings. The van der Waals surface area contributed by atoms with E-state index in [2.05, 4.69) is 11.0 Å². The fourth-order valence-electron chi connectivity index (χ4n) is 4.39. The summed E-state index contributed by atoms with van der Waals surface area (Å²) in [6, 6.07) is 16.2. The molecule has 4 heterocycles. The van der Waals surface area contributed by atoms with Crippen LogP contribution in [0.25, 0.3) is 33.1 Å². The van der Waals surface area contributed by atoms with E-state index in [1.54, 1.807) is 23.5 Å². The highest BCUT2D eigenvalue weighted by molar-refractivity contribution is 7.09. The van der Waals surface area contributed by atoms with Crippen LogP contribution in [0.2, 0.25) is 0 Å². The number of methoxy groups -OCH3 is 1. The Morgan fingerprint density at radius 3 is 2.74 bits per heavy atom. The lowest BCUT2D eigenvalue weighted by Crippen LogP contribution is -2.31. The third kappa shape index (κ3) is 3.48. The zero-order chi connectivity index (χ0) is 23.2. The summed E-state index contributed by atoms with van der Waals surface area (Å²) in [6.45, 7) is 1.73. The first-order valence-electron chi connectivity index (χ1n) is 10.7. The molecule has 0 N–H and O–H groups in total. The molecule has 2 aromatic carbocycles. The van der Waals surface area contributed by atoms with Gasteiger partial charge in [0.2, 0.25) is 0 Å². The Bertz CT molecular complexity index is 1650. The number of nitrogens with zero attached hydrogens (tertiary/aromatic N) is 1. The molecule has 8 heteroatoms. The molecular weight excluding hydrogens is 454 g/mol. The first-order chi connectivity index (χ1) is 16.6. The Labute approximate surface area is 197 Å². The standard InChI is InChI=1S/C26H19NO6S/c1-30-22-6-2-4-15-10-19(26(29)33-24(15)22)18-11-23(28)32-25-17(18)7-8-21-20(25)13-27(14-31-21)12-16-5-3-9-34-16/h2-11H,12-14H2,1H3. The molecule has 0 spiro atoms. The highest BCUT2D eigenvalue weighted by Gasteiger charge is 2.24. The van der Waals surface area contributed by atoms with Crippen LogP contribution < -0.4 is 20.7 Å². The molecular formula is C26H19NO6S. The van der Waals surface area contributed by atoms with Crippen LogP contribution in [-0.4, -0.2) is 18.7 Å². The molecule has 0 aliphatic carbocycles. The summed E-state index contributed by atoms with van der Waals surface area (Å²) in [4.78, 5) is 28.9. The maximum absolute atomic E-state index is 13.0. The number of fused-ring (bicyclic) bond motifs is 4. The molecule has 0 fully saturated rings. The molecule has 0 bridgehead atoms. The van der Waals surface area contributed by atoms with Crippen molar-refractivity contribution in [1.29, 1.82) is 0 Å². The van der Waals surface area contributed by atoms with Gasteiger partial charge >= 0.3 is 11.3 Å². The van der Waals surface area contributed by atoms with Crippen LogP contribution in [0, 0.1) is 0 Å². The normalized spacial score (nSPS) is 13.7. The number of rotatable bonds is 4. The van der Waals surface area contributed by atoms with E-state index in [0.29, 0.717) is 52.3 Å². The van der Waals surface area contributed by atoms with Crippen molar-refractivity contribution in [3.63, 3.8) is 0 Å². The number of hydrogen-bond acceptors (Lipinski definition) is 8. The minimum atomic E-state index is -0.558. The Morgan fingerprint density at radius 2 is 1.91 bits per heavy atom. The summed E-state index contributed by atoms with van der Waals surface area (Å²) in [5, 5.41) is 3.38. The maximum atomic E-state index is 13.0. The van der Waals surface area contributed by atoms with Crippen molar-refractivity contribution in [2.24, 2.45) is 0 Å². The second-order valence-corrected chi connectivity index (χ2v) is 9.10. The third-order valence-corrected chi connectivity index (χ3v) is 6.81. The molecule has 0 amide bonds. The van der Waals surface area contributed by atoms with Gasteiger partial charge in [0.25, 0.3) is 0 Å². The van der Waals surface area contributed by atoms with Crippen LogP contribution in [0.3, 0.4) is 0 Å². The van der Waals surface area contributed by atoms with E-state index in [4.69, 9.17) is 18.3 Å². The third-order valence-electron chi connectivity index (χ3n) is 5.95. The van der Waals surface area contributed by atoms with Gasteiger partial charge in [-0.05, 0) is 35.7 Å². The van der Waals surface area contributed by atoms with Gasteiger partial charge in [-0.25, -0.2) is 9.59 Å². The summed E-state index contributed by atoms with van der Waals surface area (Å²) < 4.78 is 22.5. The van der Waals surface area contributed by atoms with Crippen LogP contribution >= 0.6 is 11.3 Å². The van der Waals surface area contributed by atoms with Gasteiger partial charge in [0.15, 0.2) is 11.3 Å². The van der Waals surface area contributed by atoms with Gasteiger partial charge in [-0.1, -0.05) is 18.2 Å². The van der Waals surface area contributed by atoms with Crippen LogP contribution in [0.1, 0.15) is 10.4 Å². The van der Waals surface area contributed by atoms with Crippen molar-refractivity contribution in [3.05, 3.63) is 91.3 Å². The van der Waals surface area contributed by atoms with Gasteiger partial charge in [-0.15, -0.1) is 11.3 Å². The van der Waals surface area contributed by atoms with Crippen LogP contribution in [0.4, 0.5) is 0 Å². The Kier molecular flexibility index (Phi) is 4.97. The van der Waals surface area contributed by atoms with Gasteiger partial charge in [-0.2, -0.15) is 0 Å². The highest BCUT2D eigenvalue weighted by Crippen LogP contribution is 2.37. The largest absolute Gasteiger partial charge is 0.493 e. The molecule has 0 unspecified atom stereocenters. The van der Waals surface area contributed by atoms with Crippen molar-refractivity contribution in [2.45, 2.75) is 13.1 Å². The lowest BCUT2D eigenvalue weighted by molar-refractivity contribution is 0.0899. The Balaban J connectivity index is 1.51. The second-order valence-electron chi connectivity index (χ2n) is 8.06. The molecule has 1 aliphatic heterocycles. The summed E-state index contributed by atoms with van der Waals surface area (Å²) in [6.07, 6.45) is 0. The number of hydrogen-bond donors (Lipinski definition) is 0. The number of thiophene rings is 1. The maximum Gasteiger partial charge on any atom is 0.344 e. The number of benzene rings is 2. The van der Waals surface area contributed by atoms with E-state index in [1.807, 2.05) is 35.7 Å². The van der Waals surface area contributed by atoms with E-state index < -0.39 is 11.3 Å². The molecule has 7 nitrogen and oxygen atoms in total. The summed E-state index contributed by atoms with van der Waals surface area (Å²) in [7, 11) is 1.52. The quantitative estimate of drug-likeness (QED) is 0.340. The van der Waals surface area contributed by atoms with Crippen LogP contribution in [0.5, 0.6) is 11.5 Å². The molecule has 170 valence electrons. The van der Waals surface area contributed by atoms with Crippen LogP contribution in [0.15, 0.2) is 78.4 Å². The van der Waals surface area contributed by atoms with Crippen molar-refractivity contribution in [1.82, 2.24) is 4.90 Å². The van der Waals surface area contributed by atoms with Gasteiger partial charge in [0, 0.05) is 40.4 Å². The van der Waals surface area contributed by atoms with E-state index in [0.717, 1.165) is 12.1 Å². The average molecular weight is 474 g/mol. The van der Waals surface area contributed by atoms with E-state index >= 15 is 0 Å². The predicted molar refractivity (Wildman–Crippen MR) is 130 cm³/mol. The first-order valence-corrected chi connectivity index (χ1v) is 11.6. The number of ether oxygens (including phenoxy) is 2. The van der Waals surface area contributed by atoms with E-state index in [1.165, 1.54) is 18.1 Å². The molecule has 0 atom stereocenters. The van der Waals surface area contributed by atoms with Gasteiger partial charge < -0.3 is 18.3 Å². The van der Waals surface area contributed by atoms with E-state index in [-0.39, 0.29) is 5.56 Å². The topological polar surface area (TPSA) is 82.1 Å². The van der Waals surface area contributed by atoms with Crippen molar-refractivity contribution in [3.8, 4) is 22.6 Å². The predicted octanol–water partition coefficient (Wildman–Crippen LogP) is 4.99. The SMILES string of the molecule is COc1cccc2cc(-c3cc(=O)oc4c5c(ccc34)OCN(Cc3cccs3)C5)c(=O)oc12. The van der Waals surface area contributed by atoms with Crippen molar-refractivity contribution in [2.75, 3.05) is 13.8 Å². The number of para-hydroxylation sites is 1. The zero-order valence-electron chi connectivity index (χ0n) is 18.2. The minimum Gasteiger partial charge on any atom is -0.493 e. The van der Waals surface area contributed by atoms with Crippen molar-refractivity contribution < 1.29 is 18.3 Å². The van der Waals surface area contributed by atoms with E-state index in [9.17, 15) is 9.59 Å². The lowest BCUT2D eigenvalue weighted by Gasteiger charge is -2.29.